The second kappa shape index (κ2) is 4.40. The van der Waals surface area contributed by atoms with Gasteiger partial charge in [0.05, 0.1) is 0 Å². The molecule has 0 bridgehead atoms. The molecular formula is C11H14N4O. The van der Waals surface area contributed by atoms with E-state index in [4.69, 9.17) is 0 Å². The Balaban J connectivity index is 2.32. The van der Waals surface area contributed by atoms with Crippen molar-refractivity contribution < 1.29 is 4.79 Å². The summed E-state index contributed by atoms with van der Waals surface area (Å²) >= 11 is 0. The quantitative estimate of drug-likeness (QED) is 0.707. The smallest absolute Gasteiger partial charge is 0.168 e. The van der Waals surface area contributed by atoms with Gasteiger partial charge in [0.2, 0.25) is 0 Å². The zero-order valence-electron chi connectivity index (χ0n) is 9.42. The monoisotopic (exact) mass is 218 g/mol. The third kappa shape index (κ3) is 2.09. The minimum absolute atomic E-state index is 0.529. The number of carbonyl (C=O) groups is 1. The normalized spacial score (nSPS) is 11.2. The largest absolute Gasteiger partial charge is 0.309 e. The van der Waals surface area contributed by atoms with Gasteiger partial charge in [-0.05, 0) is 26.2 Å². The van der Waals surface area contributed by atoms with Crippen molar-refractivity contribution in [3.05, 3.63) is 29.7 Å². The second-order valence-electron chi connectivity index (χ2n) is 3.92. The number of aromatic nitrogens is 3. The molecule has 16 heavy (non-hydrogen) atoms. The van der Waals surface area contributed by atoms with Gasteiger partial charge in [-0.2, -0.15) is 5.10 Å². The highest BCUT2D eigenvalue weighted by atomic mass is 16.1. The maximum absolute atomic E-state index is 10.8. The van der Waals surface area contributed by atoms with Crippen LogP contribution in [0.2, 0.25) is 0 Å². The molecule has 0 aliphatic rings. The maximum Gasteiger partial charge on any atom is 0.168 e. The number of nitrogens with zero attached hydrogens (tertiary/aromatic N) is 4. The van der Waals surface area contributed by atoms with Crippen LogP contribution >= 0.6 is 0 Å². The molecule has 0 aromatic carbocycles. The second-order valence-corrected chi connectivity index (χ2v) is 3.92. The first-order chi connectivity index (χ1) is 7.70. The third-order valence-electron chi connectivity index (χ3n) is 2.34. The van der Waals surface area contributed by atoms with Crippen molar-refractivity contribution in [3.63, 3.8) is 0 Å². The average Bonchev–Trinajstić information content (AvgIpc) is 2.68. The van der Waals surface area contributed by atoms with E-state index in [0.29, 0.717) is 5.69 Å². The first kappa shape index (κ1) is 10.8. The number of pyridine rings is 1. The van der Waals surface area contributed by atoms with Gasteiger partial charge in [-0.25, -0.2) is 9.50 Å². The first-order valence-corrected chi connectivity index (χ1v) is 5.15. The fourth-order valence-corrected chi connectivity index (χ4v) is 1.49. The number of aldehydes is 1. The highest BCUT2D eigenvalue weighted by Crippen LogP contribution is 2.04. The molecule has 5 heteroatoms. The van der Waals surface area contributed by atoms with Gasteiger partial charge in [0, 0.05) is 13.0 Å². The lowest BCUT2D eigenvalue weighted by atomic mass is 10.4. The van der Waals surface area contributed by atoms with E-state index in [-0.39, 0.29) is 0 Å². The van der Waals surface area contributed by atoms with E-state index in [0.717, 1.165) is 30.7 Å². The molecule has 2 aromatic heterocycles. The Hall–Kier alpha value is -1.75. The van der Waals surface area contributed by atoms with Crippen LogP contribution in [0.3, 0.4) is 0 Å². The van der Waals surface area contributed by atoms with Crippen LogP contribution in [0.4, 0.5) is 0 Å². The Morgan fingerprint density at radius 1 is 1.44 bits per heavy atom. The van der Waals surface area contributed by atoms with Crippen molar-refractivity contribution >= 4 is 11.9 Å². The molecule has 0 aliphatic heterocycles. The molecule has 0 N–H and O–H groups in total. The van der Waals surface area contributed by atoms with Gasteiger partial charge >= 0.3 is 0 Å². The van der Waals surface area contributed by atoms with Gasteiger partial charge < -0.3 is 4.90 Å². The van der Waals surface area contributed by atoms with E-state index in [1.165, 1.54) is 0 Å². The fourth-order valence-electron chi connectivity index (χ4n) is 1.49. The van der Waals surface area contributed by atoms with E-state index < -0.39 is 0 Å². The average molecular weight is 218 g/mol. The molecule has 5 nitrogen and oxygen atoms in total. The Labute approximate surface area is 93.7 Å². The van der Waals surface area contributed by atoms with Crippen LogP contribution in [0.5, 0.6) is 0 Å². The molecule has 0 radical (unpaired) electrons. The number of rotatable bonds is 4. The van der Waals surface area contributed by atoms with Gasteiger partial charge in [0.15, 0.2) is 17.8 Å². The molecule has 2 aromatic rings. The van der Waals surface area contributed by atoms with Crippen LogP contribution in [0.15, 0.2) is 18.2 Å². The summed E-state index contributed by atoms with van der Waals surface area (Å²) in [5, 5.41) is 4.30. The lowest BCUT2D eigenvalue weighted by molar-refractivity contribution is 0.111. The van der Waals surface area contributed by atoms with Crippen molar-refractivity contribution in [2.24, 2.45) is 0 Å². The zero-order valence-corrected chi connectivity index (χ0v) is 9.42. The van der Waals surface area contributed by atoms with Crippen LogP contribution in [0.1, 0.15) is 16.3 Å². The van der Waals surface area contributed by atoms with E-state index >= 15 is 0 Å². The van der Waals surface area contributed by atoms with Gasteiger partial charge in [-0.3, -0.25) is 4.79 Å². The molecule has 2 heterocycles. The van der Waals surface area contributed by atoms with E-state index in [1.54, 1.807) is 10.6 Å². The summed E-state index contributed by atoms with van der Waals surface area (Å²) in [6.07, 6.45) is 1.57. The van der Waals surface area contributed by atoms with Gasteiger partial charge in [-0.15, -0.1) is 0 Å². The molecule has 0 spiro atoms. The lowest BCUT2D eigenvalue weighted by Crippen LogP contribution is -2.15. The van der Waals surface area contributed by atoms with Crippen molar-refractivity contribution in [1.29, 1.82) is 0 Å². The van der Waals surface area contributed by atoms with Crippen molar-refractivity contribution in [3.8, 4) is 0 Å². The van der Waals surface area contributed by atoms with Gasteiger partial charge in [-0.1, -0.05) is 6.07 Å². The molecule has 2 rings (SSSR count). The number of hydrogen-bond acceptors (Lipinski definition) is 4. The Kier molecular flexibility index (Phi) is 2.96. The Bertz CT molecular complexity index is 504. The van der Waals surface area contributed by atoms with Crippen LogP contribution < -0.4 is 0 Å². The molecule has 0 unspecified atom stereocenters. The van der Waals surface area contributed by atoms with E-state index in [2.05, 4.69) is 15.0 Å². The van der Waals surface area contributed by atoms with E-state index in [9.17, 15) is 4.79 Å². The van der Waals surface area contributed by atoms with E-state index in [1.807, 2.05) is 26.2 Å². The Morgan fingerprint density at radius 2 is 2.25 bits per heavy atom. The summed E-state index contributed by atoms with van der Waals surface area (Å²) in [5.74, 6) is 0.767. The lowest BCUT2D eigenvalue weighted by Gasteiger charge is -2.05. The molecule has 0 fully saturated rings. The summed E-state index contributed by atoms with van der Waals surface area (Å²) in [6.45, 7) is 0.896. The minimum atomic E-state index is 0.529. The predicted molar refractivity (Wildman–Crippen MR) is 60.6 cm³/mol. The molecule has 0 amide bonds. The van der Waals surface area contributed by atoms with Crippen molar-refractivity contribution in [2.75, 3.05) is 20.6 Å². The summed E-state index contributed by atoms with van der Waals surface area (Å²) in [5.41, 5.74) is 1.25. The fraction of sp³-hybridized carbons (Fsp3) is 0.364. The standard InChI is InChI=1S/C11H14N4O/c1-14(2)7-6-10-12-11-5-3-4-9(8-16)15(11)13-10/h3-5,8H,6-7H2,1-2H3. The van der Waals surface area contributed by atoms with Crippen LogP contribution in [0, 0.1) is 0 Å². The van der Waals surface area contributed by atoms with Gasteiger partial charge in [0.25, 0.3) is 0 Å². The molecule has 0 aliphatic carbocycles. The van der Waals surface area contributed by atoms with Crippen molar-refractivity contribution in [2.45, 2.75) is 6.42 Å². The predicted octanol–water partition coefficient (Wildman–Crippen LogP) is 0.646. The molecule has 0 atom stereocenters. The van der Waals surface area contributed by atoms with Crippen LogP contribution in [-0.2, 0) is 6.42 Å². The third-order valence-corrected chi connectivity index (χ3v) is 2.34. The minimum Gasteiger partial charge on any atom is -0.309 e. The number of likely N-dealkylation sites (N-methyl/N-ethyl adjacent to an activating group) is 1. The summed E-state index contributed by atoms with van der Waals surface area (Å²) in [7, 11) is 4.01. The number of carbonyl (C=O) groups excluding carboxylic acids is 1. The SMILES string of the molecule is CN(C)CCc1nc2cccc(C=O)n2n1. The molecular weight excluding hydrogens is 204 g/mol. The zero-order chi connectivity index (χ0) is 11.5. The number of hydrogen-bond donors (Lipinski definition) is 0. The Morgan fingerprint density at radius 3 is 2.94 bits per heavy atom. The molecule has 0 saturated carbocycles. The maximum atomic E-state index is 10.8. The van der Waals surface area contributed by atoms with Gasteiger partial charge in [0.1, 0.15) is 5.69 Å². The van der Waals surface area contributed by atoms with Crippen molar-refractivity contribution in [1.82, 2.24) is 19.5 Å². The van der Waals surface area contributed by atoms with Crippen LogP contribution in [0.25, 0.3) is 5.65 Å². The highest BCUT2D eigenvalue weighted by molar-refractivity contribution is 5.73. The topological polar surface area (TPSA) is 50.5 Å². The molecule has 0 saturated heterocycles. The molecule has 84 valence electrons. The number of fused-ring (bicyclic) bond motifs is 1. The summed E-state index contributed by atoms with van der Waals surface area (Å²) < 4.78 is 1.58. The summed E-state index contributed by atoms with van der Waals surface area (Å²) in [4.78, 5) is 17.2. The summed E-state index contributed by atoms with van der Waals surface area (Å²) in [6, 6.07) is 5.38. The van der Waals surface area contributed by atoms with Crippen LogP contribution in [-0.4, -0.2) is 46.4 Å². The first-order valence-electron chi connectivity index (χ1n) is 5.15. The highest BCUT2D eigenvalue weighted by Gasteiger charge is 2.06.